The molecule has 9 heteroatoms. The molecule has 2 aromatic heterocycles. The molecule has 9 nitrogen and oxygen atoms in total. The first-order valence-corrected chi connectivity index (χ1v) is 9.03. The predicted molar refractivity (Wildman–Crippen MR) is 97.7 cm³/mol. The highest BCUT2D eigenvalue weighted by atomic mass is 16.5. The fourth-order valence-electron chi connectivity index (χ4n) is 2.90. The number of hydrogen-bond donors (Lipinski definition) is 4. The van der Waals surface area contributed by atoms with Crippen molar-refractivity contribution >= 4 is 11.8 Å². The van der Waals surface area contributed by atoms with Crippen LogP contribution in [0.1, 0.15) is 44.9 Å². The predicted octanol–water partition coefficient (Wildman–Crippen LogP) is 0.326. The van der Waals surface area contributed by atoms with Gasteiger partial charge in [-0.25, -0.2) is 0 Å². The minimum atomic E-state index is -1.09. The van der Waals surface area contributed by atoms with Crippen LogP contribution in [0.2, 0.25) is 0 Å². The molecule has 1 fully saturated rings. The fourth-order valence-corrected chi connectivity index (χ4v) is 2.90. The van der Waals surface area contributed by atoms with Gasteiger partial charge in [0.05, 0.1) is 12.2 Å². The lowest BCUT2D eigenvalue weighted by atomic mass is 10.1. The molecule has 0 aromatic carbocycles. The number of hydrogen-bond acceptors (Lipinski definition) is 7. The van der Waals surface area contributed by atoms with Crippen molar-refractivity contribution in [3.05, 3.63) is 53.2 Å². The van der Waals surface area contributed by atoms with Crippen molar-refractivity contribution in [3.8, 4) is 0 Å². The van der Waals surface area contributed by atoms with Gasteiger partial charge in [0.15, 0.2) is 0 Å². The molecule has 0 radical (unpaired) electrons. The maximum atomic E-state index is 12.3. The lowest BCUT2D eigenvalue weighted by Crippen LogP contribution is -2.30. The van der Waals surface area contributed by atoms with Gasteiger partial charge < -0.3 is 30.0 Å². The van der Waals surface area contributed by atoms with Crippen LogP contribution in [0.15, 0.2) is 34.9 Å². The third kappa shape index (κ3) is 4.56. The summed E-state index contributed by atoms with van der Waals surface area (Å²) in [6.07, 6.45) is -0.771. The van der Waals surface area contributed by atoms with E-state index in [-0.39, 0.29) is 18.4 Å². The van der Waals surface area contributed by atoms with E-state index in [9.17, 15) is 19.8 Å². The molecule has 1 saturated heterocycles. The van der Waals surface area contributed by atoms with Gasteiger partial charge in [-0.05, 0) is 31.5 Å². The van der Waals surface area contributed by atoms with Crippen LogP contribution < -0.4 is 10.6 Å². The van der Waals surface area contributed by atoms with Crippen molar-refractivity contribution in [2.24, 2.45) is 0 Å². The highest BCUT2D eigenvalue weighted by molar-refractivity contribution is 5.95. The summed E-state index contributed by atoms with van der Waals surface area (Å²) >= 11 is 0. The average Bonchev–Trinajstić information content (AvgIpc) is 3.24. The second-order valence-electron chi connectivity index (χ2n) is 6.51. The van der Waals surface area contributed by atoms with Gasteiger partial charge in [-0.15, -0.1) is 0 Å². The number of aliphatic hydroxyl groups is 2. The Bertz CT molecular complexity index is 822. The lowest BCUT2D eigenvalue weighted by molar-refractivity contribution is 0.0117. The number of nitrogens with zero attached hydrogens (tertiary/aromatic N) is 1. The normalized spacial score (nSPS) is 21.5. The maximum absolute atomic E-state index is 12.3. The van der Waals surface area contributed by atoms with Gasteiger partial charge in [-0.3, -0.25) is 14.6 Å². The van der Waals surface area contributed by atoms with Gasteiger partial charge in [-0.1, -0.05) is 6.07 Å². The SMILES string of the molecule is Cc1oc([C@@H]2OC[C@@H](O)[C@H]2O)cc1C(=O)NCCCNC(=O)c1ccccn1. The molecular weight excluding hydrogens is 366 g/mol. The Morgan fingerprint density at radius 2 is 1.96 bits per heavy atom. The molecule has 2 amide bonds. The third-order valence-corrected chi connectivity index (χ3v) is 4.44. The van der Waals surface area contributed by atoms with Crippen LogP contribution in [0.3, 0.4) is 0 Å². The van der Waals surface area contributed by atoms with Gasteiger partial charge in [0, 0.05) is 19.3 Å². The summed E-state index contributed by atoms with van der Waals surface area (Å²) < 4.78 is 10.8. The highest BCUT2D eigenvalue weighted by Gasteiger charge is 2.38. The van der Waals surface area contributed by atoms with Crippen LogP contribution in [0.25, 0.3) is 0 Å². The zero-order valence-corrected chi connectivity index (χ0v) is 15.4. The average molecular weight is 389 g/mol. The number of furan rings is 1. The number of ether oxygens (including phenoxy) is 1. The summed E-state index contributed by atoms with van der Waals surface area (Å²) in [6.45, 7) is 2.41. The van der Waals surface area contributed by atoms with E-state index in [1.807, 2.05) is 0 Å². The van der Waals surface area contributed by atoms with Crippen LogP contribution in [0.5, 0.6) is 0 Å². The summed E-state index contributed by atoms with van der Waals surface area (Å²) in [5.41, 5.74) is 0.680. The van der Waals surface area contributed by atoms with E-state index in [4.69, 9.17) is 9.15 Å². The summed E-state index contributed by atoms with van der Waals surface area (Å²) in [4.78, 5) is 28.2. The molecule has 0 saturated carbocycles. The summed E-state index contributed by atoms with van der Waals surface area (Å²) in [6, 6.07) is 6.61. The quantitative estimate of drug-likeness (QED) is 0.501. The van der Waals surface area contributed by atoms with E-state index >= 15 is 0 Å². The van der Waals surface area contributed by atoms with E-state index in [1.165, 1.54) is 6.07 Å². The first-order chi connectivity index (χ1) is 13.5. The molecule has 0 bridgehead atoms. The summed E-state index contributed by atoms with van der Waals surface area (Å²) in [5.74, 6) is 0.110. The Hall–Kier alpha value is -2.75. The first kappa shape index (κ1) is 20.0. The molecule has 3 rings (SSSR count). The fraction of sp³-hybridized carbons (Fsp3) is 0.421. The van der Waals surface area contributed by atoms with E-state index in [1.54, 1.807) is 31.3 Å². The molecule has 28 heavy (non-hydrogen) atoms. The van der Waals surface area contributed by atoms with Crippen LogP contribution in [-0.4, -0.2) is 58.9 Å². The minimum Gasteiger partial charge on any atom is -0.463 e. The second-order valence-corrected chi connectivity index (χ2v) is 6.51. The standard InChI is InChI=1S/C19H23N3O6/c1-11-12(9-15(28-11)17-16(24)14(23)10-27-17)18(25)21-7-4-8-22-19(26)13-5-2-3-6-20-13/h2-3,5-6,9,14,16-17,23-24H,4,7-8,10H2,1H3,(H,21,25)(H,22,26)/t14-,16-,17+/m1/s1. The number of nitrogens with one attached hydrogen (secondary N) is 2. The molecule has 3 heterocycles. The lowest BCUT2D eigenvalue weighted by Gasteiger charge is -2.11. The van der Waals surface area contributed by atoms with Gasteiger partial charge in [0.25, 0.3) is 11.8 Å². The number of amides is 2. The number of carbonyl (C=O) groups is 2. The monoisotopic (exact) mass is 389 g/mol. The zero-order valence-electron chi connectivity index (χ0n) is 15.4. The number of aliphatic hydroxyl groups excluding tert-OH is 2. The van der Waals surface area contributed by atoms with E-state index in [0.29, 0.717) is 42.3 Å². The van der Waals surface area contributed by atoms with Gasteiger partial charge >= 0.3 is 0 Å². The molecule has 4 N–H and O–H groups in total. The highest BCUT2D eigenvalue weighted by Crippen LogP contribution is 2.32. The molecule has 0 aliphatic carbocycles. The Balaban J connectivity index is 1.44. The Kier molecular flexibility index (Phi) is 6.40. The largest absolute Gasteiger partial charge is 0.463 e. The van der Waals surface area contributed by atoms with Crippen molar-refractivity contribution in [1.82, 2.24) is 15.6 Å². The van der Waals surface area contributed by atoms with E-state index in [0.717, 1.165) is 0 Å². The molecular formula is C19H23N3O6. The zero-order chi connectivity index (χ0) is 20.1. The molecule has 0 spiro atoms. The molecule has 2 aromatic rings. The van der Waals surface area contributed by atoms with Crippen LogP contribution >= 0.6 is 0 Å². The topological polar surface area (TPSA) is 134 Å². The van der Waals surface area contributed by atoms with Crippen molar-refractivity contribution in [1.29, 1.82) is 0 Å². The van der Waals surface area contributed by atoms with Crippen molar-refractivity contribution in [2.75, 3.05) is 19.7 Å². The molecule has 3 atom stereocenters. The van der Waals surface area contributed by atoms with E-state index < -0.39 is 18.3 Å². The maximum Gasteiger partial charge on any atom is 0.269 e. The molecule has 1 aliphatic heterocycles. The van der Waals surface area contributed by atoms with Crippen molar-refractivity contribution in [3.63, 3.8) is 0 Å². The van der Waals surface area contributed by atoms with Gasteiger partial charge in [0.1, 0.15) is 35.5 Å². The Labute approximate surface area is 161 Å². The summed E-state index contributed by atoms with van der Waals surface area (Å²) in [7, 11) is 0. The molecule has 0 unspecified atom stereocenters. The van der Waals surface area contributed by atoms with Crippen LogP contribution in [-0.2, 0) is 4.74 Å². The van der Waals surface area contributed by atoms with Crippen LogP contribution in [0, 0.1) is 6.92 Å². The number of aryl methyl sites for hydroxylation is 1. The Morgan fingerprint density at radius 1 is 1.21 bits per heavy atom. The van der Waals surface area contributed by atoms with Crippen molar-refractivity contribution in [2.45, 2.75) is 31.7 Å². The number of pyridine rings is 1. The molecule has 150 valence electrons. The van der Waals surface area contributed by atoms with Gasteiger partial charge in [0.2, 0.25) is 0 Å². The van der Waals surface area contributed by atoms with E-state index in [2.05, 4.69) is 15.6 Å². The van der Waals surface area contributed by atoms with Crippen molar-refractivity contribution < 1.29 is 29.0 Å². The Morgan fingerprint density at radius 3 is 2.61 bits per heavy atom. The molecule has 1 aliphatic rings. The van der Waals surface area contributed by atoms with Crippen LogP contribution in [0.4, 0.5) is 0 Å². The smallest absolute Gasteiger partial charge is 0.269 e. The first-order valence-electron chi connectivity index (χ1n) is 9.03. The summed E-state index contributed by atoms with van der Waals surface area (Å²) in [5, 5.41) is 25.0. The minimum absolute atomic E-state index is 0.0112. The second kappa shape index (κ2) is 8.96. The number of aromatic nitrogens is 1. The number of carbonyl (C=O) groups excluding carboxylic acids is 2. The van der Waals surface area contributed by atoms with Gasteiger partial charge in [-0.2, -0.15) is 0 Å². The number of rotatable bonds is 7. The third-order valence-electron chi connectivity index (χ3n) is 4.44.